The summed E-state index contributed by atoms with van der Waals surface area (Å²) in [6, 6.07) is 0. The van der Waals surface area contributed by atoms with Gasteiger partial charge in [0.05, 0.1) is 32.6 Å². The molecule has 1 saturated carbocycles. The van der Waals surface area contributed by atoms with Gasteiger partial charge in [-0.3, -0.25) is 0 Å². The predicted molar refractivity (Wildman–Crippen MR) is 447 cm³/mol. The van der Waals surface area contributed by atoms with Crippen LogP contribution < -0.4 is 0 Å². The van der Waals surface area contributed by atoms with Crippen LogP contribution in [0.25, 0.3) is 0 Å². The highest BCUT2D eigenvalue weighted by Crippen LogP contribution is 2.51. The van der Waals surface area contributed by atoms with Crippen LogP contribution in [-0.2, 0) is 9.47 Å². The lowest BCUT2D eigenvalue weighted by atomic mass is 9.67. The highest BCUT2D eigenvalue weighted by atomic mass is 19.3. The summed E-state index contributed by atoms with van der Waals surface area (Å²) in [5.74, 6) is -7.46. The molecule has 0 amide bonds. The predicted octanol–water partition coefficient (Wildman–Crippen LogP) is 35.2. The summed E-state index contributed by atoms with van der Waals surface area (Å²) in [5.41, 5.74) is -0.280. The molecule has 2 aliphatic heterocycles. The molecule has 0 aromatic carbocycles. The van der Waals surface area contributed by atoms with Crippen LogP contribution in [0.15, 0.2) is 0 Å². The lowest BCUT2D eigenvalue weighted by Crippen LogP contribution is -2.45. The summed E-state index contributed by atoms with van der Waals surface area (Å²) in [5, 5.41) is 0. The molecule has 0 spiro atoms. The van der Waals surface area contributed by atoms with Gasteiger partial charge in [0.2, 0.25) is 17.8 Å². The smallest absolute Gasteiger partial charge is 0.248 e. The molecule has 0 N–H and O–H groups in total. The minimum Gasteiger partial charge on any atom is -0.380 e. The molecule has 1 aliphatic carbocycles. The minimum absolute atomic E-state index is 0.00694. The van der Waals surface area contributed by atoms with Crippen LogP contribution in [-0.4, -0.2) is 67.4 Å². The molecule has 642 valence electrons. The molecular weight excluding hydrogens is 1340 g/mol. The van der Waals surface area contributed by atoms with E-state index in [1.54, 1.807) is 34.6 Å². The van der Waals surface area contributed by atoms with E-state index in [-0.39, 0.29) is 70.0 Å². The Labute approximate surface area is 651 Å². The first-order chi connectivity index (χ1) is 47.6. The lowest BCUT2D eigenvalue weighted by molar-refractivity contribution is -0.136. The maximum atomic E-state index is 13.7. The maximum Gasteiger partial charge on any atom is 0.248 e. The van der Waals surface area contributed by atoms with E-state index in [1.165, 1.54) is 44.9 Å². The molecular formula is C93H188F10O2. The monoisotopic (exact) mass is 1530 g/mol. The standard InChI is InChI=1S/C12H24O.2C11H23F.C11H22O.2C10H20F2.C10H19F.C9H18F2.C9H19F/c1-5-11(4,6-2)8-12(7-3)9-13-10-12;2*1-6-10(4,7-2)9-11(5,12)8-3;1-5-10(3,6-2)7-11(4)8-12-9-11;2*1-5-9(4,6-2)8-10(11,12)7-3;1-4-9(3,5-2)8-10(11)6-7-10;1-5-8(3,6-2)7-9(4,10)11;1-5-9(4,6-2)7-8(3)10/h5-10H2,1-4H3;2*6-9H2,1-5H3;5-9H2,1-4H3;2*5-8H2,1-4H3;4-8H2,1-3H3;5-7H2,1-4H3;8H,5-7H2,1-4H3. The first-order valence-electron chi connectivity index (χ1n) is 43.6. The summed E-state index contributed by atoms with van der Waals surface area (Å²) in [7, 11) is 0. The fraction of sp³-hybridized carbons (Fsp3) is 1.00. The van der Waals surface area contributed by atoms with Gasteiger partial charge in [-0.2, -0.15) is 0 Å². The summed E-state index contributed by atoms with van der Waals surface area (Å²) in [6.45, 7) is 79.2. The van der Waals surface area contributed by atoms with Gasteiger partial charge in [-0.05, 0) is 147 Å². The Morgan fingerprint density at radius 2 is 0.533 bits per heavy atom. The number of halogens is 10. The van der Waals surface area contributed by atoms with Gasteiger partial charge in [0.15, 0.2) is 0 Å². The highest BCUT2D eigenvalue weighted by Gasteiger charge is 2.48. The van der Waals surface area contributed by atoms with Crippen LogP contribution >= 0.6 is 0 Å². The molecule has 0 radical (unpaired) electrons. The van der Waals surface area contributed by atoms with E-state index in [1.807, 2.05) is 76.2 Å². The Kier molecular flexibility index (Phi) is 56.8. The molecule has 3 fully saturated rings. The van der Waals surface area contributed by atoms with E-state index in [9.17, 15) is 43.9 Å². The van der Waals surface area contributed by atoms with Crippen LogP contribution in [0.5, 0.6) is 0 Å². The Balaban J connectivity index is -0.000000263. The van der Waals surface area contributed by atoms with Crippen LogP contribution in [0.2, 0.25) is 0 Å². The number of ether oxygens (including phenoxy) is 2. The Morgan fingerprint density at radius 1 is 0.295 bits per heavy atom. The van der Waals surface area contributed by atoms with Gasteiger partial charge >= 0.3 is 0 Å². The zero-order valence-electron chi connectivity index (χ0n) is 77.5. The molecule has 105 heavy (non-hydrogen) atoms. The topological polar surface area (TPSA) is 18.5 Å². The van der Waals surface area contributed by atoms with Gasteiger partial charge in [-0.25, -0.2) is 43.9 Å². The Morgan fingerprint density at radius 3 is 0.695 bits per heavy atom. The third-order valence-corrected chi connectivity index (χ3v) is 28.0. The molecule has 12 heteroatoms. The van der Waals surface area contributed by atoms with Crippen molar-refractivity contribution in [3.8, 4) is 0 Å². The van der Waals surface area contributed by atoms with E-state index in [0.717, 1.165) is 143 Å². The first-order valence-corrected chi connectivity index (χ1v) is 43.6. The second-order valence-corrected chi connectivity index (χ2v) is 38.4. The third kappa shape index (κ3) is 52.3. The normalized spacial score (nSPS) is 17.4. The number of hydrogen-bond donors (Lipinski definition) is 0. The summed E-state index contributed by atoms with van der Waals surface area (Å²) >= 11 is 0. The van der Waals surface area contributed by atoms with Crippen LogP contribution in [0, 0.1) is 59.6 Å². The summed E-state index contributed by atoms with van der Waals surface area (Å²) < 4.78 is 141. The zero-order valence-corrected chi connectivity index (χ0v) is 77.5. The van der Waals surface area contributed by atoms with Crippen molar-refractivity contribution in [3.05, 3.63) is 0 Å². The van der Waals surface area contributed by atoms with Crippen LogP contribution in [0.4, 0.5) is 43.9 Å². The van der Waals surface area contributed by atoms with E-state index in [4.69, 9.17) is 9.47 Å². The minimum atomic E-state index is -2.51. The SMILES string of the molecule is CCC(C)(CC)CC(C)(F)F.CCC(C)(CC)CC(C)F.CCC(C)(CC)CC1(C)COC1.CCC(C)(CC)CC1(CC)COC1.CCC(C)(CC)CC1(F)CC1.CCC(C)(F)CC(C)(CC)CC.CCC(C)(F)CC(C)(CC)CC.CCC(F)(F)CC(C)(CC)CC.CCC(F)(F)CC(C)(CC)CC. The molecule has 0 aromatic heterocycles. The molecule has 3 rings (SSSR count). The molecule has 2 saturated heterocycles. The summed E-state index contributed by atoms with van der Waals surface area (Å²) in [6.07, 6.45) is 27.9. The van der Waals surface area contributed by atoms with Crippen molar-refractivity contribution in [3.63, 3.8) is 0 Å². The molecule has 2 nitrogen and oxygen atoms in total. The van der Waals surface area contributed by atoms with Gasteiger partial charge < -0.3 is 9.47 Å². The average Bonchev–Trinajstić information content (AvgIpc) is 1.77. The van der Waals surface area contributed by atoms with Crippen molar-refractivity contribution in [1.29, 1.82) is 0 Å². The first kappa shape index (κ1) is 115. The largest absolute Gasteiger partial charge is 0.380 e. The maximum absolute atomic E-state index is 13.7. The number of alkyl halides is 10. The van der Waals surface area contributed by atoms with Crippen LogP contribution in [0.3, 0.4) is 0 Å². The molecule has 0 aromatic rings. The van der Waals surface area contributed by atoms with Crippen LogP contribution in [0.1, 0.15) is 474 Å². The molecule has 3 atom stereocenters. The number of rotatable bonds is 41. The van der Waals surface area contributed by atoms with Crippen molar-refractivity contribution in [2.75, 3.05) is 26.4 Å². The quantitative estimate of drug-likeness (QED) is 0.0568. The van der Waals surface area contributed by atoms with E-state index >= 15 is 0 Å². The fourth-order valence-electron chi connectivity index (χ4n) is 13.9. The molecule has 2 heterocycles. The van der Waals surface area contributed by atoms with Crippen molar-refractivity contribution < 1.29 is 53.4 Å². The third-order valence-electron chi connectivity index (χ3n) is 28.0. The second kappa shape index (κ2) is 51.9. The molecule has 3 unspecified atom stereocenters. The highest BCUT2D eigenvalue weighted by molar-refractivity contribution is 4.98. The molecule has 3 aliphatic rings. The second-order valence-electron chi connectivity index (χ2n) is 38.4. The van der Waals surface area contributed by atoms with Gasteiger partial charge in [-0.15, -0.1) is 0 Å². The average molecular weight is 1530 g/mol. The lowest BCUT2D eigenvalue weighted by Gasteiger charge is -2.46. The van der Waals surface area contributed by atoms with Crippen molar-refractivity contribution in [2.45, 2.75) is 515 Å². The van der Waals surface area contributed by atoms with E-state index < -0.39 is 40.9 Å². The Bertz CT molecular complexity index is 1830. The van der Waals surface area contributed by atoms with E-state index in [0.29, 0.717) is 53.8 Å². The number of hydrogen-bond acceptors (Lipinski definition) is 2. The van der Waals surface area contributed by atoms with Crippen molar-refractivity contribution >= 4 is 0 Å². The molecule has 0 bridgehead atoms. The van der Waals surface area contributed by atoms with Gasteiger partial charge in [0.25, 0.3) is 0 Å². The fourth-order valence-corrected chi connectivity index (χ4v) is 13.9. The van der Waals surface area contributed by atoms with Gasteiger partial charge in [0.1, 0.15) is 17.0 Å². The van der Waals surface area contributed by atoms with Gasteiger partial charge in [-0.1, -0.05) is 344 Å². The Hall–Kier alpha value is -0.780. The summed E-state index contributed by atoms with van der Waals surface area (Å²) in [4.78, 5) is 0. The zero-order chi connectivity index (χ0) is 84.4. The van der Waals surface area contributed by atoms with E-state index in [2.05, 4.69) is 138 Å². The van der Waals surface area contributed by atoms with Crippen molar-refractivity contribution in [1.82, 2.24) is 0 Å². The van der Waals surface area contributed by atoms with Gasteiger partial charge in [0, 0.05) is 42.9 Å². The van der Waals surface area contributed by atoms with Crippen molar-refractivity contribution in [2.24, 2.45) is 59.6 Å².